The van der Waals surface area contributed by atoms with Crippen molar-refractivity contribution in [3.63, 3.8) is 0 Å². The molecule has 0 N–H and O–H groups in total. The van der Waals surface area contributed by atoms with Crippen LogP contribution in [-0.4, -0.2) is 29.4 Å². The van der Waals surface area contributed by atoms with Crippen LogP contribution >= 0.6 is 11.3 Å². The number of unbranched alkanes of at least 4 members (excludes halogenated alkanes) is 1. The topological polar surface area (TPSA) is 49.9 Å². The van der Waals surface area contributed by atoms with Crippen LogP contribution in [0.5, 0.6) is 0 Å². The van der Waals surface area contributed by atoms with Gasteiger partial charge in [0.2, 0.25) is 5.91 Å². The van der Waals surface area contributed by atoms with E-state index in [4.69, 9.17) is 4.84 Å². The maximum absolute atomic E-state index is 13.0. The third kappa shape index (κ3) is 2.65. The molecule has 1 aromatic carbocycles. The van der Waals surface area contributed by atoms with Crippen LogP contribution in [0.1, 0.15) is 30.7 Å². The van der Waals surface area contributed by atoms with Crippen molar-refractivity contribution >= 4 is 28.8 Å². The zero-order valence-corrected chi connectivity index (χ0v) is 14.8. The average Bonchev–Trinajstić information content (AvgIpc) is 3.33. The van der Waals surface area contributed by atoms with Crippen molar-refractivity contribution in [3.05, 3.63) is 52.7 Å². The summed E-state index contributed by atoms with van der Waals surface area (Å²) in [5.74, 6) is -0.799. The lowest BCUT2D eigenvalue weighted by molar-refractivity contribution is -0.143. The number of amides is 2. The highest BCUT2D eigenvalue weighted by molar-refractivity contribution is 7.10. The Balaban J connectivity index is 1.71. The Morgan fingerprint density at radius 1 is 1.08 bits per heavy atom. The molecule has 0 spiro atoms. The second-order valence-corrected chi connectivity index (χ2v) is 7.33. The fourth-order valence-corrected chi connectivity index (χ4v) is 4.41. The largest absolute Gasteiger partial charge is 0.280 e. The molecule has 0 saturated carbocycles. The van der Waals surface area contributed by atoms with E-state index in [-0.39, 0.29) is 17.9 Å². The van der Waals surface area contributed by atoms with Gasteiger partial charge in [-0.2, -0.15) is 0 Å². The van der Waals surface area contributed by atoms with Gasteiger partial charge in [0.05, 0.1) is 5.69 Å². The summed E-state index contributed by atoms with van der Waals surface area (Å²) in [5, 5.41) is 3.73. The molecule has 2 fully saturated rings. The number of hydroxylamine groups is 1. The molecule has 2 saturated heterocycles. The summed E-state index contributed by atoms with van der Waals surface area (Å²) >= 11 is 1.59. The number of carbonyl (C=O) groups excluding carboxylic acids is 2. The normalized spacial score (nSPS) is 25.7. The molecule has 25 heavy (non-hydrogen) atoms. The highest BCUT2D eigenvalue weighted by Crippen LogP contribution is 2.47. The van der Waals surface area contributed by atoms with Gasteiger partial charge in [-0.3, -0.25) is 19.3 Å². The number of likely N-dealkylation sites (tertiary alicyclic amines) is 1. The number of carbonyl (C=O) groups is 2. The number of fused-ring (bicyclic) bond motifs is 1. The SMILES string of the molecule is CCCCN1C(=O)[C@@H]2[C@H](ON(c3ccccc3)[C@@H]2c2cccs2)C1=O. The first kappa shape index (κ1) is 16.3. The van der Waals surface area contributed by atoms with Crippen molar-refractivity contribution in [1.82, 2.24) is 4.90 Å². The van der Waals surface area contributed by atoms with Crippen LogP contribution in [-0.2, 0) is 14.4 Å². The van der Waals surface area contributed by atoms with E-state index in [1.807, 2.05) is 54.8 Å². The molecule has 0 radical (unpaired) electrons. The fraction of sp³-hybridized carbons (Fsp3) is 0.368. The van der Waals surface area contributed by atoms with Crippen molar-refractivity contribution < 1.29 is 14.4 Å². The number of hydrogen-bond donors (Lipinski definition) is 0. The molecule has 0 aliphatic carbocycles. The van der Waals surface area contributed by atoms with Crippen LogP contribution in [0.15, 0.2) is 47.8 Å². The molecular formula is C19H20N2O3S. The van der Waals surface area contributed by atoms with Crippen LogP contribution in [0.3, 0.4) is 0 Å². The number of nitrogens with zero attached hydrogens (tertiary/aromatic N) is 2. The highest BCUT2D eigenvalue weighted by atomic mass is 32.1. The number of para-hydroxylation sites is 1. The van der Waals surface area contributed by atoms with Crippen LogP contribution in [0.25, 0.3) is 0 Å². The maximum atomic E-state index is 13.0. The quantitative estimate of drug-likeness (QED) is 0.771. The smallest absolute Gasteiger partial charge is 0.261 e. The molecule has 3 heterocycles. The Kier molecular flexibility index (Phi) is 4.31. The highest BCUT2D eigenvalue weighted by Gasteiger charge is 2.59. The van der Waals surface area contributed by atoms with E-state index in [1.165, 1.54) is 4.90 Å². The number of imide groups is 1. The van der Waals surface area contributed by atoms with Crippen molar-refractivity contribution in [2.75, 3.05) is 11.6 Å². The predicted octanol–water partition coefficient (Wildman–Crippen LogP) is 3.39. The van der Waals surface area contributed by atoms with E-state index < -0.39 is 12.0 Å². The predicted molar refractivity (Wildman–Crippen MR) is 96.0 cm³/mol. The third-order valence-corrected chi connectivity index (χ3v) is 5.73. The summed E-state index contributed by atoms with van der Waals surface area (Å²) in [6, 6.07) is 13.4. The number of rotatable bonds is 5. The Labute approximate surface area is 150 Å². The molecule has 5 nitrogen and oxygen atoms in total. The maximum Gasteiger partial charge on any atom is 0.261 e. The lowest BCUT2D eigenvalue weighted by atomic mass is 9.95. The van der Waals surface area contributed by atoms with E-state index in [1.54, 1.807) is 16.4 Å². The van der Waals surface area contributed by atoms with Crippen LogP contribution in [0.2, 0.25) is 0 Å². The summed E-state index contributed by atoms with van der Waals surface area (Å²) in [7, 11) is 0. The number of anilines is 1. The van der Waals surface area contributed by atoms with Gasteiger partial charge >= 0.3 is 0 Å². The molecule has 6 heteroatoms. The summed E-state index contributed by atoms with van der Waals surface area (Å²) in [4.78, 5) is 34.2. The zero-order chi connectivity index (χ0) is 17.4. The van der Waals surface area contributed by atoms with Gasteiger partial charge in [0.25, 0.3) is 5.91 Å². The van der Waals surface area contributed by atoms with Gasteiger partial charge < -0.3 is 0 Å². The summed E-state index contributed by atoms with van der Waals surface area (Å²) in [6.45, 7) is 2.53. The van der Waals surface area contributed by atoms with Crippen molar-refractivity contribution in [2.24, 2.45) is 5.92 Å². The van der Waals surface area contributed by atoms with E-state index in [0.717, 1.165) is 23.4 Å². The molecule has 4 rings (SSSR count). The van der Waals surface area contributed by atoms with Gasteiger partial charge in [0.1, 0.15) is 12.0 Å². The van der Waals surface area contributed by atoms with Gasteiger partial charge in [0, 0.05) is 11.4 Å². The van der Waals surface area contributed by atoms with E-state index in [2.05, 4.69) is 0 Å². The van der Waals surface area contributed by atoms with Gasteiger partial charge in [-0.05, 0) is 30.0 Å². The Bertz CT molecular complexity index is 762. The first-order valence-corrected chi connectivity index (χ1v) is 9.50. The van der Waals surface area contributed by atoms with E-state index >= 15 is 0 Å². The van der Waals surface area contributed by atoms with E-state index in [0.29, 0.717) is 6.54 Å². The minimum absolute atomic E-state index is 0.111. The van der Waals surface area contributed by atoms with Crippen LogP contribution in [0, 0.1) is 5.92 Å². The fourth-order valence-electron chi connectivity index (χ4n) is 3.56. The van der Waals surface area contributed by atoms with Crippen LogP contribution < -0.4 is 5.06 Å². The lowest BCUT2D eigenvalue weighted by Crippen LogP contribution is -2.37. The first-order chi connectivity index (χ1) is 12.2. The minimum Gasteiger partial charge on any atom is -0.280 e. The molecule has 2 aromatic rings. The lowest BCUT2D eigenvalue weighted by Gasteiger charge is -2.27. The zero-order valence-electron chi connectivity index (χ0n) is 14.0. The Morgan fingerprint density at radius 3 is 2.56 bits per heavy atom. The summed E-state index contributed by atoms with van der Waals surface area (Å²) in [5.41, 5.74) is 0.857. The van der Waals surface area contributed by atoms with Crippen molar-refractivity contribution in [3.8, 4) is 0 Å². The molecule has 2 aliphatic rings. The molecule has 1 aromatic heterocycles. The monoisotopic (exact) mass is 356 g/mol. The van der Waals surface area contributed by atoms with Gasteiger partial charge in [0.15, 0.2) is 6.10 Å². The number of thiophene rings is 1. The molecule has 0 bridgehead atoms. The van der Waals surface area contributed by atoms with Crippen molar-refractivity contribution in [2.45, 2.75) is 31.9 Å². The Morgan fingerprint density at radius 2 is 1.88 bits per heavy atom. The first-order valence-electron chi connectivity index (χ1n) is 8.62. The second kappa shape index (κ2) is 6.61. The standard InChI is InChI=1S/C19H20N2O3S/c1-2-3-11-20-18(22)15-16(14-10-7-12-25-14)21(24-17(15)19(20)23)13-8-5-4-6-9-13/h4-10,12,15-17H,2-3,11H2,1H3/t15-,16+,17-/m0/s1. The average molecular weight is 356 g/mol. The number of benzene rings is 1. The molecule has 2 amide bonds. The molecule has 3 atom stereocenters. The molecule has 130 valence electrons. The number of hydrogen-bond acceptors (Lipinski definition) is 5. The van der Waals surface area contributed by atoms with Gasteiger partial charge in [-0.15, -0.1) is 11.3 Å². The van der Waals surface area contributed by atoms with Gasteiger partial charge in [-0.1, -0.05) is 37.6 Å². The van der Waals surface area contributed by atoms with Crippen molar-refractivity contribution in [1.29, 1.82) is 0 Å². The minimum atomic E-state index is -0.725. The summed E-state index contributed by atoms with van der Waals surface area (Å²) in [6.07, 6.45) is 1.04. The van der Waals surface area contributed by atoms with Crippen LogP contribution in [0.4, 0.5) is 5.69 Å². The summed E-state index contributed by atoms with van der Waals surface area (Å²) < 4.78 is 0. The third-order valence-electron chi connectivity index (χ3n) is 4.79. The molecular weight excluding hydrogens is 336 g/mol. The van der Waals surface area contributed by atoms with E-state index in [9.17, 15) is 9.59 Å². The second-order valence-electron chi connectivity index (χ2n) is 6.36. The Hall–Kier alpha value is -2.18. The molecule has 0 unspecified atom stereocenters. The van der Waals surface area contributed by atoms with Gasteiger partial charge in [-0.25, -0.2) is 5.06 Å². The molecule has 2 aliphatic heterocycles.